The lowest BCUT2D eigenvalue weighted by Crippen LogP contribution is -2.23. The summed E-state index contributed by atoms with van der Waals surface area (Å²) in [6.45, 7) is 8.78. The molecule has 142 valence electrons. The number of rotatable bonds is 6. The molecule has 3 rings (SSSR count). The summed E-state index contributed by atoms with van der Waals surface area (Å²) < 4.78 is 7.45. The number of hydrogen-bond acceptors (Lipinski definition) is 5. The largest absolute Gasteiger partial charge is 0.467 e. The predicted octanol–water partition coefficient (Wildman–Crippen LogP) is 3.85. The second kappa shape index (κ2) is 7.60. The van der Waals surface area contributed by atoms with E-state index in [1.807, 2.05) is 16.7 Å². The van der Waals surface area contributed by atoms with Crippen molar-refractivity contribution >= 4 is 17.7 Å². The summed E-state index contributed by atoms with van der Waals surface area (Å²) in [6, 6.07) is 12.1. The van der Waals surface area contributed by atoms with Gasteiger partial charge in [-0.1, -0.05) is 56.8 Å². The Morgan fingerprint density at radius 1 is 1.22 bits per heavy atom. The number of hydrogen-bond donors (Lipinski definition) is 1. The number of nitrogens with zero attached hydrogens (tertiary/aromatic N) is 3. The van der Waals surface area contributed by atoms with Crippen LogP contribution in [0.15, 0.2) is 52.2 Å². The smallest absolute Gasteiger partial charge is 0.230 e. The third-order valence-corrected chi connectivity index (χ3v) is 5.40. The minimum Gasteiger partial charge on any atom is -0.467 e. The average Bonchev–Trinajstić information content (AvgIpc) is 3.25. The van der Waals surface area contributed by atoms with Gasteiger partial charge >= 0.3 is 0 Å². The number of benzene rings is 1. The molecule has 0 aliphatic rings. The van der Waals surface area contributed by atoms with Gasteiger partial charge in [0.2, 0.25) is 5.91 Å². The lowest BCUT2D eigenvalue weighted by molar-refractivity contribution is -0.117. The van der Waals surface area contributed by atoms with Crippen LogP contribution in [0.3, 0.4) is 0 Å². The molecule has 0 radical (unpaired) electrons. The van der Waals surface area contributed by atoms with Crippen LogP contribution in [0.4, 0.5) is 0 Å². The summed E-state index contributed by atoms with van der Waals surface area (Å²) in [6.07, 6.45) is 1.64. The Morgan fingerprint density at radius 2 is 1.93 bits per heavy atom. The third-order valence-electron chi connectivity index (χ3n) is 4.30. The van der Waals surface area contributed by atoms with Crippen LogP contribution in [-0.4, -0.2) is 25.9 Å². The van der Waals surface area contributed by atoms with Crippen molar-refractivity contribution in [3.63, 3.8) is 0 Å². The van der Waals surface area contributed by atoms with Crippen LogP contribution in [0.2, 0.25) is 0 Å². The minimum absolute atomic E-state index is 0.0816. The number of thioether (sulfide) groups is 1. The van der Waals surface area contributed by atoms with Crippen molar-refractivity contribution < 1.29 is 9.21 Å². The molecule has 0 unspecified atom stereocenters. The Hall–Kier alpha value is -2.54. The van der Waals surface area contributed by atoms with E-state index in [1.54, 1.807) is 13.2 Å². The van der Waals surface area contributed by atoms with E-state index in [4.69, 9.17) is 10.2 Å². The van der Waals surface area contributed by atoms with Crippen LogP contribution in [-0.2, 0) is 16.8 Å². The fourth-order valence-corrected chi connectivity index (χ4v) is 3.42. The van der Waals surface area contributed by atoms with E-state index in [0.29, 0.717) is 11.7 Å². The Labute approximate surface area is 163 Å². The Kier molecular flexibility index (Phi) is 5.41. The molecular formula is C20H24N4O2S. The highest BCUT2D eigenvalue weighted by Gasteiger charge is 2.21. The molecule has 1 atom stereocenters. The normalized spacial score (nSPS) is 12.9. The molecule has 7 heteroatoms. The molecule has 0 saturated carbocycles. The van der Waals surface area contributed by atoms with Crippen molar-refractivity contribution in [2.24, 2.45) is 5.73 Å². The van der Waals surface area contributed by atoms with Gasteiger partial charge < -0.3 is 10.2 Å². The first kappa shape index (κ1) is 19.2. The number of primary amides is 1. The molecule has 0 saturated heterocycles. The van der Waals surface area contributed by atoms with Gasteiger partial charge in [-0.3, -0.25) is 9.36 Å². The predicted molar refractivity (Wildman–Crippen MR) is 106 cm³/mol. The van der Waals surface area contributed by atoms with E-state index in [1.165, 1.54) is 17.3 Å². The third kappa shape index (κ3) is 4.42. The van der Waals surface area contributed by atoms with Crippen molar-refractivity contribution in [1.29, 1.82) is 0 Å². The SMILES string of the molecule is C[C@@H](Sc1nnc(-c2ccc(C(C)(C)C)cc2)n1Cc1ccco1)C(N)=O. The van der Waals surface area contributed by atoms with Gasteiger partial charge in [-0.25, -0.2) is 0 Å². The van der Waals surface area contributed by atoms with Crippen molar-refractivity contribution in [2.75, 3.05) is 0 Å². The van der Waals surface area contributed by atoms with E-state index in [2.05, 4.69) is 55.2 Å². The Bertz CT molecular complexity index is 909. The van der Waals surface area contributed by atoms with Crippen LogP contribution in [0.5, 0.6) is 0 Å². The average molecular weight is 385 g/mol. The molecule has 0 bridgehead atoms. The Balaban J connectivity index is 1.99. The summed E-state index contributed by atoms with van der Waals surface area (Å²) in [5.74, 6) is 1.13. The van der Waals surface area contributed by atoms with Crippen LogP contribution >= 0.6 is 11.8 Å². The molecule has 1 aromatic carbocycles. The lowest BCUT2D eigenvalue weighted by Gasteiger charge is -2.19. The summed E-state index contributed by atoms with van der Waals surface area (Å²) in [7, 11) is 0. The molecule has 0 aliphatic carbocycles. The van der Waals surface area contributed by atoms with Crippen LogP contribution in [0.25, 0.3) is 11.4 Å². The molecule has 6 nitrogen and oxygen atoms in total. The Morgan fingerprint density at radius 3 is 2.48 bits per heavy atom. The summed E-state index contributed by atoms with van der Waals surface area (Å²) in [4.78, 5) is 11.5. The van der Waals surface area contributed by atoms with Crippen molar-refractivity contribution in [1.82, 2.24) is 14.8 Å². The highest BCUT2D eigenvalue weighted by molar-refractivity contribution is 8.00. The number of carbonyl (C=O) groups is 1. The fraction of sp³-hybridized carbons (Fsp3) is 0.350. The summed E-state index contributed by atoms with van der Waals surface area (Å²) >= 11 is 1.30. The summed E-state index contributed by atoms with van der Waals surface area (Å²) in [5, 5.41) is 8.89. The first-order chi connectivity index (χ1) is 12.8. The number of nitrogens with two attached hydrogens (primary N) is 1. The number of carbonyl (C=O) groups excluding carboxylic acids is 1. The number of amides is 1. The van der Waals surface area contributed by atoms with Gasteiger partial charge in [0.25, 0.3) is 0 Å². The standard InChI is InChI=1S/C20H24N4O2S/c1-13(17(21)25)27-19-23-22-18(24(19)12-16-6-5-11-26-16)14-7-9-15(10-8-14)20(2,3)4/h5-11,13H,12H2,1-4H3,(H2,21,25)/t13-/m1/s1. The second-order valence-electron chi connectivity index (χ2n) is 7.46. The van der Waals surface area contributed by atoms with E-state index in [-0.39, 0.29) is 11.3 Å². The van der Waals surface area contributed by atoms with Gasteiger partial charge in [-0.2, -0.15) is 0 Å². The zero-order chi connectivity index (χ0) is 19.6. The van der Waals surface area contributed by atoms with Crippen LogP contribution in [0.1, 0.15) is 39.0 Å². The van der Waals surface area contributed by atoms with Gasteiger partial charge in [0.1, 0.15) is 5.76 Å². The molecule has 0 aliphatic heterocycles. The monoisotopic (exact) mass is 384 g/mol. The minimum atomic E-state index is -0.402. The molecule has 2 heterocycles. The van der Waals surface area contributed by atoms with Crippen molar-refractivity contribution in [2.45, 2.75) is 50.1 Å². The van der Waals surface area contributed by atoms with Gasteiger partial charge in [0, 0.05) is 5.56 Å². The van der Waals surface area contributed by atoms with E-state index in [9.17, 15) is 4.79 Å². The molecule has 1 amide bonds. The maximum absolute atomic E-state index is 11.5. The first-order valence-corrected chi connectivity index (χ1v) is 9.66. The maximum Gasteiger partial charge on any atom is 0.230 e. The van der Waals surface area contributed by atoms with Crippen molar-refractivity contribution in [3.05, 3.63) is 54.0 Å². The van der Waals surface area contributed by atoms with E-state index < -0.39 is 5.25 Å². The molecule has 0 spiro atoms. The quantitative estimate of drug-likeness (QED) is 0.652. The first-order valence-electron chi connectivity index (χ1n) is 8.78. The van der Waals surface area contributed by atoms with E-state index in [0.717, 1.165) is 17.1 Å². The van der Waals surface area contributed by atoms with Gasteiger partial charge in [-0.15, -0.1) is 10.2 Å². The molecular weight excluding hydrogens is 360 g/mol. The highest BCUT2D eigenvalue weighted by Crippen LogP contribution is 2.29. The van der Waals surface area contributed by atoms with E-state index >= 15 is 0 Å². The molecule has 27 heavy (non-hydrogen) atoms. The maximum atomic E-state index is 11.5. The summed E-state index contributed by atoms with van der Waals surface area (Å²) in [5.41, 5.74) is 7.70. The fourth-order valence-electron chi connectivity index (χ4n) is 2.63. The molecule has 3 aromatic rings. The van der Waals surface area contributed by atoms with Crippen LogP contribution in [0, 0.1) is 0 Å². The zero-order valence-corrected chi connectivity index (χ0v) is 16.8. The molecule has 0 fully saturated rings. The molecule has 2 N–H and O–H groups in total. The van der Waals surface area contributed by atoms with Gasteiger partial charge in [0.15, 0.2) is 11.0 Å². The topological polar surface area (TPSA) is 86.9 Å². The number of furan rings is 1. The molecule has 2 aromatic heterocycles. The highest BCUT2D eigenvalue weighted by atomic mass is 32.2. The second-order valence-corrected chi connectivity index (χ2v) is 8.77. The van der Waals surface area contributed by atoms with Crippen molar-refractivity contribution in [3.8, 4) is 11.4 Å². The van der Waals surface area contributed by atoms with Gasteiger partial charge in [-0.05, 0) is 30.0 Å². The lowest BCUT2D eigenvalue weighted by atomic mass is 9.87. The number of aromatic nitrogens is 3. The van der Waals surface area contributed by atoms with Gasteiger partial charge in [0.05, 0.1) is 18.1 Å². The van der Waals surface area contributed by atoms with Crippen LogP contribution < -0.4 is 5.73 Å². The zero-order valence-electron chi connectivity index (χ0n) is 16.0.